The predicted octanol–water partition coefficient (Wildman–Crippen LogP) is 2.60. The normalized spacial score (nSPS) is 29.7. The second kappa shape index (κ2) is 6.87. The van der Waals surface area contributed by atoms with Crippen molar-refractivity contribution in [3.63, 3.8) is 0 Å². The van der Waals surface area contributed by atoms with Gasteiger partial charge in [0, 0.05) is 43.7 Å². The second-order valence-corrected chi connectivity index (χ2v) is 8.20. The van der Waals surface area contributed by atoms with Crippen LogP contribution in [0.4, 0.5) is 0 Å². The molecule has 1 amide bonds. The third-order valence-electron chi connectivity index (χ3n) is 6.47. The highest BCUT2D eigenvalue weighted by atomic mass is 16.2. The highest BCUT2D eigenvalue weighted by molar-refractivity contribution is 5.77. The van der Waals surface area contributed by atoms with Gasteiger partial charge in [-0.1, -0.05) is 12.8 Å². The summed E-state index contributed by atoms with van der Waals surface area (Å²) in [6.07, 6.45) is 14.5. The number of aromatic nitrogens is 2. The number of amides is 1. The minimum Gasteiger partial charge on any atom is -0.339 e. The number of carbonyl (C=O) groups excluding carboxylic acids is 1. The standard InChI is InChI=1S/C19H30N4O/c24-18-6-9-19(15-23(18)17-4-1-2-5-17)8-3-10-22(14-19)11-7-16-12-20-21-13-16/h12-13,17H,1-11,14-15H2,(H,20,21). The molecule has 5 nitrogen and oxygen atoms in total. The molecule has 5 heteroatoms. The Morgan fingerprint density at radius 1 is 1.21 bits per heavy atom. The summed E-state index contributed by atoms with van der Waals surface area (Å²) in [5.74, 6) is 0.419. The number of nitrogens with one attached hydrogen (secondary N) is 1. The zero-order valence-electron chi connectivity index (χ0n) is 14.7. The number of H-pyrrole nitrogens is 1. The highest BCUT2D eigenvalue weighted by Gasteiger charge is 2.43. The smallest absolute Gasteiger partial charge is 0.222 e. The van der Waals surface area contributed by atoms with E-state index >= 15 is 0 Å². The van der Waals surface area contributed by atoms with Gasteiger partial charge in [0.05, 0.1) is 6.20 Å². The number of rotatable bonds is 4. The summed E-state index contributed by atoms with van der Waals surface area (Å²) in [4.78, 5) is 17.4. The molecule has 0 bridgehead atoms. The topological polar surface area (TPSA) is 52.2 Å². The zero-order chi connectivity index (χ0) is 16.4. The van der Waals surface area contributed by atoms with Crippen LogP contribution in [0.5, 0.6) is 0 Å². The van der Waals surface area contributed by atoms with Gasteiger partial charge in [-0.3, -0.25) is 9.89 Å². The Bertz CT molecular complexity index is 552. The molecular weight excluding hydrogens is 300 g/mol. The van der Waals surface area contributed by atoms with Crippen LogP contribution < -0.4 is 0 Å². The van der Waals surface area contributed by atoms with E-state index in [1.807, 2.05) is 12.4 Å². The maximum atomic E-state index is 12.5. The van der Waals surface area contributed by atoms with Crippen molar-refractivity contribution in [1.82, 2.24) is 20.0 Å². The minimum absolute atomic E-state index is 0.352. The van der Waals surface area contributed by atoms with E-state index in [1.165, 1.54) is 57.2 Å². The Morgan fingerprint density at radius 2 is 2.08 bits per heavy atom. The monoisotopic (exact) mass is 330 g/mol. The van der Waals surface area contributed by atoms with Crippen molar-refractivity contribution in [2.75, 3.05) is 26.2 Å². The van der Waals surface area contributed by atoms with Crippen molar-refractivity contribution in [3.05, 3.63) is 18.0 Å². The summed E-state index contributed by atoms with van der Waals surface area (Å²) < 4.78 is 0. The van der Waals surface area contributed by atoms with E-state index in [2.05, 4.69) is 20.0 Å². The van der Waals surface area contributed by atoms with Crippen LogP contribution in [-0.4, -0.2) is 58.1 Å². The molecule has 2 aliphatic heterocycles. The molecule has 1 atom stereocenters. The molecule has 1 aromatic heterocycles. The van der Waals surface area contributed by atoms with Crippen molar-refractivity contribution in [2.24, 2.45) is 5.41 Å². The molecule has 4 rings (SSSR count). The lowest BCUT2D eigenvalue weighted by Crippen LogP contribution is -2.56. The summed E-state index contributed by atoms with van der Waals surface area (Å²) >= 11 is 0. The fourth-order valence-corrected chi connectivity index (χ4v) is 5.13. The molecule has 1 spiro atoms. The Kier molecular flexibility index (Phi) is 4.61. The van der Waals surface area contributed by atoms with E-state index in [9.17, 15) is 4.79 Å². The Balaban J connectivity index is 1.38. The van der Waals surface area contributed by atoms with Crippen LogP contribution in [0.15, 0.2) is 12.4 Å². The molecule has 1 aliphatic carbocycles. The zero-order valence-corrected chi connectivity index (χ0v) is 14.7. The quantitative estimate of drug-likeness (QED) is 0.923. The fourth-order valence-electron chi connectivity index (χ4n) is 5.13. The number of hydrogen-bond donors (Lipinski definition) is 1. The van der Waals surface area contributed by atoms with E-state index in [1.54, 1.807) is 0 Å². The number of likely N-dealkylation sites (tertiary alicyclic amines) is 2. The molecule has 0 radical (unpaired) electrons. The largest absolute Gasteiger partial charge is 0.339 e. The lowest BCUT2D eigenvalue weighted by Gasteiger charge is -2.49. The lowest BCUT2D eigenvalue weighted by molar-refractivity contribution is -0.142. The van der Waals surface area contributed by atoms with E-state index in [-0.39, 0.29) is 0 Å². The summed E-state index contributed by atoms with van der Waals surface area (Å²) in [5, 5.41) is 6.95. The molecule has 132 valence electrons. The number of piperidine rings is 2. The van der Waals surface area contributed by atoms with Gasteiger partial charge in [-0.2, -0.15) is 5.10 Å². The summed E-state index contributed by atoms with van der Waals surface area (Å²) in [6, 6.07) is 0.538. The molecule has 1 aromatic rings. The van der Waals surface area contributed by atoms with Crippen LogP contribution in [0.2, 0.25) is 0 Å². The number of carbonyl (C=O) groups is 1. The summed E-state index contributed by atoms with van der Waals surface area (Å²) in [5.41, 5.74) is 1.64. The number of nitrogens with zero attached hydrogens (tertiary/aromatic N) is 3. The molecular formula is C19H30N4O. The maximum Gasteiger partial charge on any atom is 0.222 e. The van der Waals surface area contributed by atoms with Gasteiger partial charge >= 0.3 is 0 Å². The van der Waals surface area contributed by atoms with Crippen molar-refractivity contribution in [1.29, 1.82) is 0 Å². The van der Waals surface area contributed by atoms with Crippen LogP contribution in [-0.2, 0) is 11.2 Å². The number of aromatic amines is 1. The SMILES string of the molecule is O=C1CCC2(CCCN(CCc3cn[nH]c3)C2)CN1C1CCCC1. The average molecular weight is 330 g/mol. The van der Waals surface area contributed by atoms with Crippen molar-refractivity contribution >= 4 is 5.91 Å². The van der Waals surface area contributed by atoms with E-state index < -0.39 is 0 Å². The van der Waals surface area contributed by atoms with Crippen molar-refractivity contribution in [2.45, 2.75) is 63.8 Å². The Morgan fingerprint density at radius 3 is 2.88 bits per heavy atom. The molecule has 3 aliphatic rings. The first-order valence-corrected chi connectivity index (χ1v) is 9.74. The van der Waals surface area contributed by atoms with Gasteiger partial charge in [0.15, 0.2) is 0 Å². The highest BCUT2D eigenvalue weighted by Crippen LogP contribution is 2.41. The Labute approximate surface area is 144 Å². The number of hydrogen-bond acceptors (Lipinski definition) is 3. The van der Waals surface area contributed by atoms with Crippen LogP contribution in [0.3, 0.4) is 0 Å². The van der Waals surface area contributed by atoms with Gasteiger partial charge in [0.25, 0.3) is 0 Å². The van der Waals surface area contributed by atoms with Gasteiger partial charge in [0.1, 0.15) is 0 Å². The molecule has 1 N–H and O–H groups in total. The minimum atomic E-state index is 0.352. The third kappa shape index (κ3) is 3.37. The van der Waals surface area contributed by atoms with Crippen molar-refractivity contribution in [3.8, 4) is 0 Å². The van der Waals surface area contributed by atoms with Crippen LogP contribution in [0.25, 0.3) is 0 Å². The van der Waals surface area contributed by atoms with Gasteiger partial charge < -0.3 is 9.80 Å². The molecule has 3 heterocycles. The summed E-state index contributed by atoms with van der Waals surface area (Å²) in [7, 11) is 0. The molecule has 3 fully saturated rings. The first-order chi connectivity index (χ1) is 11.7. The van der Waals surface area contributed by atoms with Gasteiger partial charge in [-0.05, 0) is 50.6 Å². The second-order valence-electron chi connectivity index (χ2n) is 8.20. The predicted molar refractivity (Wildman–Crippen MR) is 93.6 cm³/mol. The fraction of sp³-hybridized carbons (Fsp3) is 0.789. The molecule has 24 heavy (non-hydrogen) atoms. The van der Waals surface area contributed by atoms with Crippen molar-refractivity contribution < 1.29 is 4.79 Å². The molecule has 1 saturated carbocycles. The Hall–Kier alpha value is -1.36. The van der Waals surface area contributed by atoms with E-state index in [0.717, 1.165) is 32.4 Å². The first kappa shape index (κ1) is 16.1. The lowest BCUT2D eigenvalue weighted by atomic mass is 9.73. The molecule has 0 aromatic carbocycles. The molecule has 1 unspecified atom stereocenters. The molecule has 2 saturated heterocycles. The average Bonchev–Trinajstić information content (AvgIpc) is 3.29. The van der Waals surface area contributed by atoms with E-state index in [0.29, 0.717) is 17.4 Å². The third-order valence-corrected chi connectivity index (χ3v) is 6.47. The van der Waals surface area contributed by atoms with Gasteiger partial charge in [0.2, 0.25) is 5.91 Å². The van der Waals surface area contributed by atoms with Gasteiger partial charge in [-0.15, -0.1) is 0 Å². The summed E-state index contributed by atoms with van der Waals surface area (Å²) in [6.45, 7) is 4.50. The van der Waals surface area contributed by atoms with Crippen LogP contribution in [0.1, 0.15) is 56.9 Å². The van der Waals surface area contributed by atoms with Crippen LogP contribution >= 0.6 is 0 Å². The van der Waals surface area contributed by atoms with Crippen LogP contribution in [0, 0.1) is 5.41 Å². The first-order valence-electron chi connectivity index (χ1n) is 9.74. The maximum absolute atomic E-state index is 12.5. The van der Waals surface area contributed by atoms with E-state index in [4.69, 9.17) is 0 Å². The van der Waals surface area contributed by atoms with Gasteiger partial charge in [-0.25, -0.2) is 0 Å².